The average Bonchev–Trinajstić information content (AvgIpc) is 2.18. The Morgan fingerprint density at radius 3 is 2.47 bits per heavy atom. The van der Waals surface area contributed by atoms with E-state index in [0.29, 0.717) is 11.1 Å². The number of nitrogen functional groups attached to an aromatic ring is 1. The molecule has 0 aliphatic heterocycles. The maximum absolute atomic E-state index is 11.0. The fourth-order valence-electron chi connectivity index (χ4n) is 1.19. The highest BCUT2D eigenvalue weighted by Gasteiger charge is 2.14. The van der Waals surface area contributed by atoms with E-state index in [4.69, 9.17) is 16.2 Å². The van der Waals surface area contributed by atoms with Gasteiger partial charge in [0, 0.05) is 12.0 Å². The molecule has 0 spiro atoms. The van der Waals surface area contributed by atoms with Crippen LogP contribution in [0.15, 0.2) is 24.3 Å². The average molecular weight is 206 g/mol. The molecule has 0 aromatic heterocycles. The number of amidine groups is 1. The molecule has 1 aromatic carbocycles. The van der Waals surface area contributed by atoms with Gasteiger partial charge in [-0.1, -0.05) is 24.3 Å². The number of hydrogen-bond donors (Lipinski definition) is 3. The molecule has 0 amide bonds. The van der Waals surface area contributed by atoms with Gasteiger partial charge < -0.3 is 10.8 Å². The Kier molecular flexibility index (Phi) is 3.17. The summed E-state index contributed by atoms with van der Waals surface area (Å²) in [6.45, 7) is 0. The van der Waals surface area contributed by atoms with Crippen LogP contribution in [0.1, 0.15) is 11.1 Å². The lowest BCUT2D eigenvalue weighted by Gasteiger charge is -2.05. The van der Waals surface area contributed by atoms with Gasteiger partial charge in [0.2, 0.25) is 5.78 Å². The molecule has 15 heavy (non-hydrogen) atoms. The minimum Gasteiger partial charge on any atom is -0.475 e. The molecule has 0 saturated heterocycles. The molecule has 1 rings (SSSR count). The first-order chi connectivity index (χ1) is 7.02. The minimum atomic E-state index is -1.48. The highest BCUT2D eigenvalue weighted by atomic mass is 16.4. The Labute approximate surface area is 86.0 Å². The first-order valence-electron chi connectivity index (χ1n) is 4.20. The fourth-order valence-corrected chi connectivity index (χ4v) is 1.19. The molecule has 0 aliphatic rings. The minimum absolute atomic E-state index is 0.177. The van der Waals surface area contributed by atoms with Gasteiger partial charge >= 0.3 is 5.97 Å². The van der Waals surface area contributed by atoms with Gasteiger partial charge in [0.25, 0.3) is 0 Å². The van der Waals surface area contributed by atoms with E-state index >= 15 is 0 Å². The summed E-state index contributed by atoms with van der Waals surface area (Å²) in [4.78, 5) is 21.3. The first kappa shape index (κ1) is 10.9. The van der Waals surface area contributed by atoms with Crippen LogP contribution in [0.4, 0.5) is 0 Å². The number of Topliss-reactive ketones (excluding diaryl/α,β-unsaturated/α-hetero) is 1. The molecule has 5 nitrogen and oxygen atoms in total. The third kappa shape index (κ3) is 2.63. The number of ketones is 1. The van der Waals surface area contributed by atoms with Crippen LogP contribution in [0, 0.1) is 5.41 Å². The standard InChI is InChI=1S/C10H10N2O3/c11-9(12)7-4-2-1-3-6(7)5-8(13)10(14)15/h1-4H,5H2,(H3,11,12)(H,14,15). The summed E-state index contributed by atoms with van der Waals surface area (Å²) in [5.41, 5.74) is 6.14. The number of nitrogens with one attached hydrogen (secondary N) is 1. The van der Waals surface area contributed by atoms with Crippen LogP contribution in [-0.2, 0) is 16.0 Å². The lowest BCUT2D eigenvalue weighted by Crippen LogP contribution is -2.19. The van der Waals surface area contributed by atoms with Crippen molar-refractivity contribution in [2.24, 2.45) is 5.73 Å². The zero-order chi connectivity index (χ0) is 11.4. The maximum Gasteiger partial charge on any atom is 0.372 e. The number of carbonyl (C=O) groups is 2. The van der Waals surface area contributed by atoms with E-state index in [2.05, 4.69) is 0 Å². The van der Waals surface area contributed by atoms with Gasteiger partial charge in [-0.25, -0.2) is 4.79 Å². The van der Waals surface area contributed by atoms with Crippen LogP contribution in [-0.4, -0.2) is 22.7 Å². The third-order valence-corrected chi connectivity index (χ3v) is 1.90. The zero-order valence-electron chi connectivity index (χ0n) is 7.86. The molecule has 0 heterocycles. The number of rotatable bonds is 4. The molecule has 78 valence electrons. The Balaban J connectivity index is 2.99. The van der Waals surface area contributed by atoms with Crippen LogP contribution in [0.3, 0.4) is 0 Å². The summed E-state index contributed by atoms with van der Waals surface area (Å²) in [6.07, 6.45) is -0.245. The van der Waals surface area contributed by atoms with Crippen molar-refractivity contribution >= 4 is 17.6 Å². The summed E-state index contributed by atoms with van der Waals surface area (Å²) < 4.78 is 0. The molecular weight excluding hydrogens is 196 g/mol. The predicted octanol–water partition coefficient (Wildman–Crippen LogP) is 0.167. The Bertz CT molecular complexity index is 426. The predicted molar refractivity (Wildman–Crippen MR) is 53.8 cm³/mol. The second kappa shape index (κ2) is 4.36. The van der Waals surface area contributed by atoms with Gasteiger partial charge in [-0.3, -0.25) is 10.2 Å². The van der Waals surface area contributed by atoms with E-state index in [-0.39, 0.29) is 12.3 Å². The number of benzene rings is 1. The second-order valence-corrected chi connectivity index (χ2v) is 2.98. The fraction of sp³-hybridized carbons (Fsp3) is 0.100. The van der Waals surface area contributed by atoms with Gasteiger partial charge in [-0.2, -0.15) is 0 Å². The van der Waals surface area contributed by atoms with Gasteiger partial charge in [-0.15, -0.1) is 0 Å². The van der Waals surface area contributed by atoms with Crippen molar-refractivity contribution in [1.82, 2.24) is 0 Å². The summed E-state index contributed by atoms with van der Waals surface area (Å²) in [5, 5.41) is 15.7. The van der Waals surface area contributed by atoms with Gasteiger partial charge in [0.1, 0.15) is 5.84 Å². The normalized spacial score (nSPS) is 9.60. The van der Waals surface area contributed by atoms with Crippen molar-refractivity contribution in [3.63, 3.8) is 0 Å². The molecule has 0 saturated carbocycles. The van der Waals surface area contributed by atoms with E-state index in [9.17, 15) is 9.59 Å². The number of aliphatic carboxylic acids is 1. The molecule has 0 bridgehead atoms. The largest absolute Gasteiger partial charge is 0.475 e. The molecule has 0 unspecified atom stereocenters. The summed E-state index contributed by atoms with van der Waals surface area (Å²) >= 11 is 0. The maximum atomic E-state index is 11.0. The lowest BCUT2D eigenvalue weighted by atomic mass is 10.0. The van der Waals surface area contributed by atoms with Crippen LogP contribution in [0.2, 0.25) is 0 Å². The van der Waals surface area contributed by atoms with Crippen molar-refractivity contribution in [2.75, 3.05) is 0 Å². The van der Waals surface area contributed by atoms with E-state index in [1.165, 1.54) is 0 Å². The monoisotopic (exact) mass is 206 g/mol. The number of carbonyl (C=O) groups excluding carboxylic acids is 1. The molecule has 1 aromatic rings. The van der Waals surface area contributed by atoms with Crippen LogP contribution >= 0.6 is 0 Å². The van der Waals surface area contributed by atoms with Crippen molar-refractivity contribution < 1.29 is 14.7 Å². The molecule has 0 radical (unpaired) electrons. The molecule has 0 aliphatic carbocycles. The van der Waals surface area contributed by atoms with Crippen molar-refractivity contribution in [1.29, 1.82) is 5.41 Å². The van der Waals surface area contributed by atoms with Gasteiger partial charge in [-0.05, 0) is 5.56 Å². The Hall–Kier alpha value is -2.17. The third-order valence-electron chi connectivity index (χ3n) is 1.90. The summed E-state index contributed by atoms with van der Waals surface area (Å²) in [5.74, 6) is -2.57. The van der Waals surface area contributed by atoms with Crippen LogP contribution in [0.25, 0.3) is 0 Å². The SMILES string of the molecule is N=C(N)c1ccccc1CC(=O)C(=O)O. The molecule has 0 atom stereocenters. The van der Waals surface area contributed by atoms with Crippen LogP contribution in [0.5, 0.6) is 0 Å². The van der Waals surface area contributed by atoms with Crippen LogP contribution < -0.4 is 5.73 Å². The molecule has 0 fully saturated rings. The smallest absolute Gasteiger partial charge is 0.372 e. The quantitative estimate of drug-likeness (QED) is 0.371. The number of nitrogens with two attached hydrogens (primary N) is 1. The van der Waals surface area contributed by atoms with Crippen molar-refractivity contribution in [3.05, 3.63) is 35.4 Å². The molecular formula is C10H10N2O3. The summed E-state index contributed by atoms with van der Waals surface area (Å²) in [7, 11) is 0. The summed E-state index contributed by atoms with van der Waals surface area (Å²) in [6, 6.07) is 6.49. The highest BCUT2D eigenvalue weighted by Crippen LogP contribution is 2.09. The Morgan fingerprint density at radius 1 is 1.33 bits per heavy atom. The Morgan fingerprint density at radius 2 is 1.93 bits per heavy atom. The first-order valence-corrected chi connectivity index (χ1v) is 4.20. The second-order valence-electron chi connectivity index (χ2n) is 2.98. The molecule has 5 heteroatoms. The van der Waals surface area contributed by atoms with E-state index in [0.717, 1.165) is 0 Å². The zero-order valence-corrected chi connectivity index (χ0v) is 7.86. The van der Waals surface area contributed by atoms with Crippen molar-refractivity contribution in [3.8, 4) is 0 Å². The van der Waals surface area contributed by atoms with Gasteiger partial charge in [0.05, 0.1) is 0 Å². The van der Waals surface area contributed by atoms with E-state index in [1.807, 2.05) is 0 Å². The highest BCUT2D eigenvalue weighted by molar-refractivity contribution is 6.33. The molecule has 4 N–H and O–H groups in total. The lowest BCUT2D eigenvalue weighted by molar-refractivity contribution is -0.148. The number of carboxylic acids is 1. The van der Waals surface area contributed by atoms with Gasteiger partial charge in [0.15, 0.2) is 0 Å². The van der Waals surface area contributed by atoms with Crippen molar-refractivity contribution in [2.45, 2.75) is 6.42 Å². The van der Waals surface area contributed by atoms with E-state index < -0.39 is 11.8 Å². The number of hydrogen-bond acceptors (Lipinski definition) is 3. The number of carboxylic acid groups (broad SMARTS) is 1. The van der Waals surface area contributed by atoms with E-state index in [1.54, 1.807) is 24.3 Å². The topological polar surface area (TPSA) is 104 Å².